The fourth-order valence-electron chi connectivity index (χ4n) is 4.60. The number of likely N-dealkylation sites (N-methyl/N-ethyl adjacent to an activating group) is 1. The Kier molecular flexibility index (Phi) is 8.86. The minimum Gasteiger partial charge on any atom is -0.376 e. The molecular formula is C23H34F3N3O4S. The number of hydrogen-bond donors (Lipinski definition) is 2. The Bertz CT molecular complexity index is 930. The number of nitrogens with two attached hydrogens (primary N) is 1. The molecule has 0 bridgehead atoms. The van der Waals surface area contributed by atoms with Gasteiger partial charge < -0.3 is 15.4 Å². The molecule has 0 spiro atoms. The van der Waals surface area contributed by atoms with Gasteiger partial charge in [0.2, 0.25) is 15.9 Å². The zero-order valence-corrected chi connectivity index (χ0v) is 20.2. The van der Waals surface area contributed by atoms with Crippen molar-refractivity contribution in [3.63, 3.8) is 0 Å². The zero-order valence-electron chi connectivity index (χ0n) is 19.4. The topological polar surface area (TPSA) is 102 Å². The Morgan fingerprint density at radius 3 is 2.47 bits per heavy atom. The van der Waals surface area contributed by atoms with E-state index < -0.39 is 28.0 Å². The number of sulfonamides is 1. The van der Waals surface area contributed by atoms with Crippen LogP contribution in [0.15, 0.2) is 24.3 Å². The highest BCUT2D eigenvalue weighted by atomic mass is 32.2. The maximum Gasteiger partial charge on any atom is 0.404 e. The highest BCUT2D eigenvalue weighted by Crippen LogP contribution is 2.32. The van der Waals surface area contributed by atoms with E-state index >= 15 is 0 Å². The number of nitrogens with zero attached hydrogens (tertiary/aromatic N) is 1. The molecule has 192 valence electrons. The lowest BCUT2D eigenvalue weighted by Crippen LogP contribution is -2.52. The van der Waals surface area contributed by atoms with Crippen LogP contribution in [0.5, 0.6) is 0 Å². The van der Waals surface area contributed by atoms with Gasteiger partial charge in [0, 0.05) is 25.4 Å². The van der Waals surface area contributed by atoms with Crippen molar-refractivity contribution in [1.29, 1.82) is 0 Å². The number of hydrogen-bond acceptors (Lipinski definition) is 5. The van der Waals surface area contributed by atoms with Crippen molar-refractivity contribution in [2.75, 3.05) is 24.1 Å². The molecule has 2 aliphatic carbocycles. The summed E-state index contributed by atoms with van der Waals surface area (Å²) in [7, 11) is -2.68. The van der Waals surface area contributed by atoms with E-state index in [0.29, 0.717) is 24.1 Å². The molecule has 2 saturated carbocycles. The predicted molar refractivity (Wildman–Crippen MR) is 123 cm³/mol. The number of carbonyl (C=O) groups excluding carboxylic acids is 1. The van der Waals surface area contributed by atoms with Gasteiger partial charge in [-0.25, -0.2) is 8.42 Å². The normalized spacial score (nSPS) is 22.6. The number of rotatable bonds is 10. The first-order valence-electron chi connectivity index (χ1n) is 11.7. The van der Waals surface area contributed by atoms with E-state index in [0.717, 1.165) is 38.5 Å². The smallest absolute Gasteiger partial charge is 0.376 e. The lowest BCUT2D eigenvalue weighted by atomic mass is 9.78. The Labute approximate surface area is 199 Å². The Hall–Kier alpha value is -1.85. The van der Waals surface area contributed by atoms with Gasteiger partial charge in [-0.1, -0.05) is 12.1 Å². The molecule has 1 atom stereocenters. The summed E-state index contributed by atoms with van der Waals surface area (Å²) in [5.41, 5.74) is 7.02. The minimum atomic E-state index is -4.81. The van der Waals surface area contributed by atoms with Crippen molar-refractivity contribution in [2.24, 2.45) is 17.6 Å². The number of amides is 1. The van der Waals surface area contributed by atoms with Gasteiger partial charge in [0.05, 0.1) is 12.6 Å². The SMILES string of the molecule is CN(C(=O)[C@@H](N)C1CCC(COCc2cccc(NS(=O)(=O)CC(F)(F)F)c2)CC1)C1CCC1. The lowest BCUT2D eigenvalue weighted by Gasteiger charge is -2.38. The van der Waals surface area contributed by atoms with Crippen LogP contribution in [0, 0.1) is 11.8 Å². The van der Waals surface area contributed by atoms with Gasteiger partial charge in [-0.05, 0) is 74.5 Å². The second-order valence-electron chi connectivity index (χ2n) is 9.53. The van der Waals surface area contributed by atoms with E-state index in [1.807, 2.05) is 16.7 Å². The van der Waals surface area contributed by atoms with E-state index in [1.54, 1.807) is 12.1 Å². The molecule has 0 unspecified atom stereocenters. The number of carbonyl (C=O) groups is 1. The van der Waals surface area contributed by atoms with Crippen LogP contribution in [-0.4, -0.2) is 56.9 Å². The maximum absolute atomic E-state index is 12.6. The second kappa shape index (κ2) is 11.3. The summed E-state index contributed by atoms with van der Waals surface area (Å²) in [6, 6.07) is 6.02. The summed E-state index contributed by atoms with van der Waals surface area (Å²) >= 11 is 0. The first kappa shape index (κ1) is 26.7. The molecule has 3 rings (SSSR count). The molecule has 1 amide bonds. The number of alkyl halides is 3. The van der Waals surface area contributed by atoms with Crippen molar-refractivity contribution in [2.45, 2.75) is 69.8 Å². The summed E-state index contributed by atoms with van der Waals surface area (Å²) in [5.74, 6) is -1.38. The van der Waals surface area contributed by atoms with Crippen molar-refractivity contribution in [3.05, 3.63) is 29.8 Å². The molecule has 34 heavy (non-hydrogen) atoms. The maximum atomic E-state index is 12.6. The van der Waals surface area contributed by atoms with E-state index in [9.17, 15) is 26.4 Å². The monoisotopic (exact) mass is 505 g/mol. The van der Waals surface area contributed by atoms with Crippen LogP contribution in [-0.2, 0) is 26.2 Å². The predicted octanol–water partition coefficient (Wildman–Crippen LogP) is 3.65. The van der Waals surface area contributed by atoms with Gasteiger partial charge in [0.25, 0.3) is 0 Å². The van der Waals surface area contributed by atoms with Crippen LogP contribution >= 0.6 is 0 Å². The fourth-order valence-corrected chi connectivity index (χ4v) is 5.59. The Morgan fingerprint density at radius 1 is 1.21 bits per heavy atom. The largest absolute Gasteiger partial charge is 0.404 e. The van der Waals surface area contributed by atoms with Gasteiger partial charge in [-0.2, -0.15) is 13.2 Å². The first-order valence-corrected chi connectivity index (χ1v) is 13.3. The Morgan fingerprint density at radius 2 is 1.88 bits per heavy atom. The van der Waals surface area contributed by atoms with Crippen LogP contribution < -0.4 is 10.5 Å². The standard InChI is InChI=1S/C23H34F3N3O4S/c1-29(20-6-3-7-20)22(30)21(27)18-10-8-16(9-11-18)13-33-14-17-4-2-5-19(12-17)28-34(31,32)15-23(24,25)26/h2,4-5,12,16,18,20-21,28H,3,6-11,13-15,27H2,1H3/t16?,18?,21-/m0/s1. The molecule has 0 heterocycles. The van der Waals surface area contributed by atoms with Crippen molar-refractivity contribution in [1.82, 2.24) is 4.90 Å². The van der Waals surface area contributed by atoms with Crippen LogP contribution in [0.25, 0.3) is 0 Å². The number of anilines is 1. The summed E-state index contributed by atoms with van der Waals surface area (Å²) in [6.45, 7) is 0.737. The van der Waals surface area contributed by atoms with Gasteiger partial charge >= 0.3 is 6.18 Å². The average Bonchev–Trinajstić information content (AvgIpc) is 2.70. The molecular weight excluding hydrogens is 471 g/mol. The van der Waals surface area contributed by atoms with E-state index in [4.69, 9.17) is 10.5 Å². The Balaban J connectivity index is 1.40. The molecule has 1 aromatic carbocycles. The number of benzene rings is 1. The zero-order chi connectivity index (χ0) is 24.9. The lowest BCUT2D eigenvalue weighted by molar-refractivity contribution is -0.136. The van der Waals surface area contributed by atoms with Gasteiger partial charge in [0.15, 0.2) is 5.75 Å². The van der Waals surface area contributed by atoms with Crippen LogP contribution in [0.4, 0.5) is 18.9 Å². The van der Waals surface area contributed by atoms with Gasteiger partial charge in [-0.15, -0.1) is 0 Å². The average molecular weight is 506 g/mol. The molecule has 2 fully saturated rings. The van der Waals surface area contributed by atoms with Crippen molar-refractivity contribution >= 4 is 21.6 Å². The quantitative estimate of drug-likeness (QED) is 0.506. The molecule has 0 saturated heterocycles. The fraction of sp³-hybridized carbons (Fsp3) is 0.696. The van der Waals surface area contributed by atoms with Crippen LogP contribution in [0.3, 0.4) is 0 Å². The molecule has 0 aliphatic heterocycles. The summed E-state index contributed by atoms with van der Waals surface area (Å²) in [5, 5.41) is 0. The molecule has 3 N–H and O–H groups in total. The number of nitrogens with one attached hydrogen (secondary N) is 1. The van der Waals surface area contributed by atoms with Crippen LogP contribution in [0.1, 0.15) is 50.5 Å². The molecule has 7 nitrogen and oxygen atoms in total. The van der Waals surface area contributed by atoms with E-state index in [2.05, 4.69) is 0 Å². The molecule has 11 heteroatoms. The van der Waals surface area contributed by atoms with Crippen LogP contribution in [0.2, 0.25) is 0 Å². The summed E-state index contributed by atoms with van der Waals surface area (Å²) in [6.07, 6.45) is 2.04. The number of ether oxygens (including phenoxy) is 1. The van der Waals surface area contributed by atoms with Crippen molar-refractivity contribution in [3.8, 4) is 0 Å². The minimum absolute atomic E-state index is 0.0372. The van der Waals surface area contributed by atoms with E-state index in [-0.39, 0.29) is 24.1 Å². The molecule has 2 aliphatic rings. The molecule has 0 radical (unpaired) electrons. The molecule has 0 aromatic heterocycles. The van der Waals surface area contributed by atoms with Gasteiger partial charge in [0.1, 0.15) is 0 Å². The summed E-state index contributed by atoms with van der Waals surface area (Å²) < 4.78 is 68.3. The summed E-state index contributed by atoms with van der Waals surface area (Å²) in [4.78, 5) is 14.5. The highest BCUT2D eigenvalue weighted by molar-refractivity contribution is 7.92. The first-order chi connectivity index (χ1) is 15.9. The van der Waals surface area contributed by atoms with Crippen molar-refractivity contribution < 1.29 is 31.1 Å². The van der Waals surface area contributed by atoms with E-state index in [1.165, 1.54) is 18.6 Å². The number of halogens is 3. The highest BCUT2D eigenvalue weighted by Gasteiger charge is 2.36. The second-order valence-corrected chi connectivity index (χ2v) is 11.3. The van der Waals surface area contributed by atoms with Gasteiger partial charge in [-0.3, -0.25) is 9.52 Å². The third kappa shape index (κ3) is 7.84. The molecule has 1 aromatic rings. The third-order valence-corrected chi connectivity index (χ3v) is 8.08. The third-order valence-electron chi connectivity index (χ3n) is 6.83.